The Balaban J connectivity index is 5.34. The van der Waals surface area contributed by atoms with Crippen molar-refractivity contribution in [1.29, 1.82) is 0 Å². The molecular weight excluding hydrogens is 844 g/mol. The van der Waals surface area contributed by atoms with Crippen LogP contribution in [0.2, 0.25) is 0 Å². The van der Waals surface area contributed by atoms with Crippen LogP contribution in [0.1, 0.15) is 271 Å². The zero-order valence-corrected chi connectivity index (χ0v) is 45.3. The van der Waals surface area contributed by atoms with Gasteiger partial charge in [0.1, 0.15) is 19.3 Å². The second-order valence-electron chi connectivity index (χ2n) is 20.5. The molecule has 0 aromatic rings. The van der Waals surface area contributed by atoms with E-state index < -0.39 is 20.0 Å². The molecule has 0 saturated heterocycles. The third-order valence-corrected chi connectivity index (χ3v) is 13.6. The van der Waals surface area contributed by atoms with Crippen LogP contribution in [0.3, 0.4) is 0 Å². The average molecular weight is 954 g/mol. The first-order valence-electron chi connectivity index (χ1n) is 28.2. The lowest BCUT2D eigenvalue weighted by atomic mass is 10.0. The second kappa shape index (κ2) is 47.2. The van der Waals surface area contributed by atoms with Crippen LogP contribution in [0.5, 0.6) is 0 Å². The number of nitrogens with zero attached hydrogens (tertiary/aromatic N) is 1. The highest BCUT2D eigenvalue weighted by Crippen LogP contribution is 2.43. The number of esters is 1. The molecule has 66 heavy (non-hydrogen) atoms. The van der Waals surface area contributed by atoms with E-state index in [1.54, 1.807) is 0 Å². The van der Waals surface area contributed by atoms with Crippen LogP contribution in [0.25, 0.3) is 0 Å². The SMILES string of the molecule is CCCC/C=C\CCCCCCCC(=O)OC(/C=C/CCCCCCCCCCCCC)C(COP(=O)(O)OCC[N+](C)(C)C)NC(=O)CCCCCCCCCCCCCCCCCC. The van der Waals surface area contributed by atoms with E-state index in [9.17, 15) is 19.0 Å². The Bertz CT molecular complexity index is 1190. The number of phosphoric ester groups is 1. The minimum atomic E-state index is -4.44. The maximum Gasteiger partial charge on any atom is 0.472 e. The van der Waals surface area contributed by atoms with E-state index in [0.29, 0.717) is 17.4 Å². The molecule has 0 aromatic carbocycles. The molecule has 0 rings (SSSR count). The number of likely N-dealkylation sites (N-methyl/N-ethyl adjacent to an activating group) is 1. The number of hydrogen-bond donors (Lipinski definition) is 2. The molecule has 2 N–H and O–H groups in total. The number of hydrogen-bond acceptors (Lipinski definition) is 6. The van der Waals surface area contributed by atoms with Crippen LogP contribution in [0, 0.1) is 0 Å². The van der Waals surface area contributed by atoms with Gasteiger partial charge in [-0.3, -0.25) is 18.6 Å². The highest BCUT2D eigenvalue weighted by molar-refractivity contribution is 7.47. The minimum absolute atomic E-state index is 0.0422. The van der Waals surface area contributed by atoms with Crippen LogP contribution in [-0.4, -0.2) is 74.3 Å². The number of amides is 1. The molecule has 3 atom stereocenters. The smallest absolute Gasteiger partial charge is 0.456 e. The summed E-state index contributed by atoms with van der Waals surface area (Å²) >= 11 is 0. The molecular formula is C56H110N2O7P+. The van der Waals surface area contributed by atoms with E-state index in [1.807, 2.05) is 33.3 Å². The minimum Gasteiger partial charge on any atom is -0.456 e. The zero-order valence-electron chi connectivity index (χ0n) is 44.5. The molecule has 1 amide bonds. The lowest BCUT2D eigenvalue weighted by molar-refractivity contribution is -0.870. The van der Waals surface area contributed by atoms with Gasteiger partial charge in [0.05, 0.1) is 33.8 Å². The monoisotopic (exact) mass is 954 g/mol. The van der Waals surface area contributed by atoms with E-state index in [1.165, 1.54) is 154 Å². The third-order valence-electron chi connectivity index (χ3n) is 12.6. The Morgan fingerprint density at radius 2 is 0.894 bits per heavy atom. The first-order valence-corrected chi connectivity index (χ1v) is 29.7. The summed E-state index contributed by atoms with van der Waals surface area (Å²) in [7, 11) is 1.50. The fourth-order valence-corrected chi connectivity index (χ4v) is 8.95. The lowest BCUT2D eigenvalue weighted by Gasteiger charge is -2.27. The topological polar surface area (TPSA) is 111 Å². The van der Waals surface area contributed by atoms with Gasteiger partial charge in [-0.05, 0) is 51.0 Å². The highest BCUT2D eigenvalue weighted by Gasteiger charge is 2.30. The number of ether oxygens (including phenoxy) is 1. The Labute approximate surface area is 409 Å². The molecule has 0 saturated carbocycles. The standard InChI is InChI=1S/C56H109N2O7P/c1-7-10-13-16-19-22-25-27-28-29-31-34-36-39-42-45-48-55(59)57-53(52-64-66(61,62)63-51-50-58(4,5)6)54(47-44-41-38-35-33-30-26-23-20-17-14-11-8-2)65-56(60)49-46-43-40-37-32-24-21-18-15-12-9-3/h18,21,44,47,53-54H,7-17,19-20,22-43,45-46,48-52H2,1-6H3,(H-,57,59,61,62)/p+1/b21-18-,47-44+. The first-order chi connectivity index (χ1) is 31.9. The highest BCUT2D eigenvalue weighted by atomic mass is 31.2. The van der Waals surface area contributed by atoms with Gasteiger partial charge in [0.15, 0.2) is 0 Å². The summed E-state index contributed by atoms with van der Waals surface area (Å²) in [6, 6.07) is -0.844. The second-order valence-corrected chi connectivity index (χ2v) is 21.9. The molecule has 0 aliphatic heterocycles. The van der Waals surface area contributed by atoms with Gasteiger partial charge in [-0.2, -0.15) is 0 Å². The number of carbonyl (C=O) groups is 2. The molecule has 0 heterocycles. The predicted octanol–water partition coefficient (Wildman–Crippen LogP) is 16.6. The number of quaternary nitrogens is 1. The van der Waals surface area contributed by atoms with E-state index >= 15 is 0 Å². The fraction of sp³-hybridized carbons (Fsp3) is 0.893. The van der Waals surface area contributed by atoms with Crippen molar-refractivity contribution >= 4 is 19.7 Å². The summed E-state index contributed by atoms with van der Waals surface area (Å²) in [6.07, 6.45) is 53.1. The summed E-state index contributed by atoms with van der Waals surface area (Å²) in [5, 5.41) is 3.05. The molecule has 390 valence electrons. The van der Waals surface area contributed by atoms with Crippen molar-refractivity contribution in [3.05, 3.63) is 24.3 Å². The fourth-order valence-electron chi connectivity index (χ4n) is 8.22. The Hall–Kier alpha value is -1.51. The molecule has 3 unspecified atom stereocenters. The number of phosphoric acid groups is 1. The predicted molar refractivity (Wildman–Crippen MR) is 282 cm³/mol. The molecule has 0 aliphatic carbocycles. The summed E-state index contributed by atoms with van der Waals surface area (Å²) < 4.78 is 30.6. The number of nitrogens with one attached hydrogen (secondary N) is 1. The summed E-state index contributed by atoms with van der Waals surface area (Å²) in [5.74, 6) is -0.505. The average Bonchev–Trinajstić information content (AvgIpc) is 3.27. The van der Waals surface area contributed by atoms with Gasteiger partial charge < -0.3 is 19.4 Å². The maximum atomic E-state index is 13.5. The van der Waals surface area contributed by atoms with Gasteiger partial charge in [0, 0.05) is 12.8 Å². The molecule has 0 aromatic heterocycles. The normalized spacial score (nSPS) is 14.0. The van der Waals surface area contributed by atoms with E-state index in [0.717, 1.165) is 83.5 Å². The molecule has 0 radical (unpaired) electrons. The van der Waals surface area contributed by atoms with E-state index in [4.69, 9.17) is 13.8 Å². The number of allylic oxidation sites excluding steroid dienone is 3. The first kappa shape index (κ1) is 64.5. The molecule has 9 nitrogen and oxygen atoms in total. The van der Waals surface area contributed by atoms with Crippen molar-refractivity contribution in [2.45, 2.75) is 283 Å². The molecule has 0 aliphatic rings. The number of rotatable bonds is 51. The molecule has 0 bridgehead atoms. The van der Waals surface area contributed by atoms with Gasteiger partial charge in [-0.25, -0.2) is 4.57 Å². The van der Waals surface area contributed by atoms with Crippen molar-refractivity contribution in [3.8, 4) is 0 Å². The number of carbonyl (C=O) groups excluding carboxylic acids is 2. The van der Waals surface area contributed by atoms with E-state index in [2.05, 4.69) is 38.2 Å². The van der Waals surface area contributed by atoms with Crippen molar-refractivity contribution in [2.75, 3.05) is 40.9 Å². The molecule has 0 spiro atoms. The van der Waals surface area contributed by atoms with Crippen LogP contribution in [0.15, 0.2) is 24.3 Å². The largest absolute Gasteiger partial charge is 0.472 e. The molecule has 10 heteroatoms. The van der Waals surface area contributed by atoms with Crippen molar-refractivity contribution < 1.29 is 37.3 Å². The van der Waals surface area contributed by atoms with Crippen molar-refractivity contribution in [1.82, 2.24) is 5.32 Å². The van der Waals surface area contributed by atoms with Gasteiger partial charge in [0.2, 0.25) is 5.91 Å². The maximum absolute atomic E-state index is 13.5. The van der Waals surface area contributed by atoms with E-state index in [-0.39, 0.29) is 31.5 Å². The van der Waals surface area contributed by atoms with Crippen LogP contribution >= 0.6 is 7.82 Å². The number of unbranched alkanes of at least 4 members (excludes halogenated alkanes) is 33. The third kappa shape index (κ3) is 47.6. The molecule has 0 fully saturated rings. The summed E-state index contributed by atoms with van der Waals surface area (Å²) in [5.41, 5.74) is 0. The lowest BCUT2D eigenvalue weighted by Crippen LogP contribution is -2.47. The zero-order chi connectivity index (χ0) is 48.7. The van der Waals surface area contributed by atoms with Crippen LogP contribution in [0.4, 0.5) is 0 Å². The quantitative estimate of drug-likeness (QED) is 0.0205. The summed E-state index contributed by atoms with van der Waals surface area (Å²) in [4.78, 5) is 37.5. The van der Waals surface area contributed by atoms with Crippen LogP contribution in [-0.2, 0) is 27.9 Å². The van der Waals surface area contributed by atoms with Crippen LogP contribution < -0.4 is 5.32 Å². The van der Waals surface area contributed by atoms with Gasteiger partial charge in [-0.15, -0.1) is 0 Å². The van der Waals surface area contributed by atoms with Crippen molar-refractivity contribution in [2.24, 2.45) is 0 Å². The Morgan fingerprint density at radius 1 is 0.515 bits per heavy atom. The Kier molecular flexibility index (Phi) is 46.1. The van der Waals surface area contributed by atoms with Crippen molar-refractivity contribution in [3.63, 3.8) is 0 Å². The Morgan fingerprint density at radius 3 is 1.33 bits per heavy atom. The van der Waals surface area contributed by atoms with Gasteiger partial charge >= 0.3 is 13.8 Å². The van der Waals surface area contributed by atoms with Gasteiger partial charge in [-0.1, -0.05) is 232 Å². The summed E-state index contributed by atoms with van der Waals surface area (Å²) in [6.45, 7) is 6.99. The van der Waals surface area contributed by atoms with Gasteiger partial charge in [0.25, 0.3) is 0 Å².